The smallest absolute Gasteiger partial charge is 0.282 e. The molecule has 0 aliphatic heterocycles. The molecule has 0 amide bonds. The van der Waals surface area contributed by atoms with Crippen LogP contribution in [0.3, 0.4) is 0 Å². The lowest BCUT2D eigenvalue weighted by atomic mass is 10.7. The molecule has 0 spiro atoms. The summed E-state index contributed by atoms with van der Waals surface area (Å²) in [6.07, 6.45) is 0. The highest BCUT2D eigenvalue weighted by Gasteiger charge is 2.14. The Bertz CT molecular complexity index is 151. The molecule has 0 saturated heterocycles. The number of nitrogens with two attached hydrogens (primary N) is 2. The van der Waals surface area contributed by atoms with Gasteiger partial charge in [-0.1, -0.05) is 0 Å². The molecule has 8 heavy (non-hydrogen) atoms. The van der Waals surface area contributed by atoms with Gasteiger partial charge >= 0.3 is 0 Å². The highest BCUT2D eigenvalue weighted by Crippen LogP contribution is 1.84. The predicted octanol–water partition coefficient (Wildman–Crippen LogP) is -1.88. The van der Waals surface area contributed by atoms with Gasteiger partial charge in [-0.05, 0) is 0 Å². The van der Waals surface area contributed by atoms with Gasteiger partial charge in [0.05, 0.1) is 0 Å². The lowest BCUT2D eigenvalue weighted by Crippen LogP contribution is -2.37. The molecule has 50 valence electrons. The Hall–Kier alpha value is -0.170. The van der Waals surface area contributed by atoms with Gasteiger partial charge in [-0.25, -0.2) is 0 Å². The Labute approximate surface area is 47.4 Å². The van der Waals surface area contributed by atoms with Crippen molar-refractivity contribution < 1.29 is 13.0 Å². The Morgan fingerprint density at radius 1 is 1.62 bits per heavy atom. The van der Waals surface area contributed by atoms with Crippen LogP contribution in [0, 0.1) is 0 Å². The van der Waals surface area contributed by atoms with Crippen molar-refractivity contribution >= 4 is 10.1 Å². The van der Waals surface area contributed by atoms with Gasteiger partial charge in [-0.2, -0.15) is 8.42 Å². The number of hydrogen-bond acceptors (Lipinski definition) is 4. The van der Waals surface area contributed by atoms with Crippen molar-refractivity contribution in [3.05, 3.63) is 0 Å². The number of hydrogen-bond donors (Lipinski definition) is 3. The molecule has 0 aliphatic rings. The highest BCUT2D eigenvalue weighted by molar-refractivity contribution is 7.86. The zero-order valence-corrected chi connectivity index (χ0v) is 4.93. The van der Waals surface area contributed by atoms with Gasteiger partial charge in [0, 0.05) is 6.54 Å². The van der Waals surface area contributed by atoms with Crippen LogP contribution in [-0.2, 0) is 10.1 Å². The van der Waals surface area contributed by atoms with Crippen molar-refractivity contribution in [3.8, 4) is 0 Å². The third-order valence-corrected chi connectivity index (χ3v) is 1.57. The maximum absolute atomic E-state index is 9.91. The largest absolute Gasteiger partial charge is 0.328 e. The van der Waals surface area contributed by atoms with Crippen LogP contribution < -0.4 is 11.5 Å². The summed E-state index contributed by atoms with van der Waals surface area (Å²) in [7, 11) is -4.10. The molecule has 6 heteroatoms. The predicted molar refractivity (Wildman–Crippen MR) is 28.6 cm³/mol. The van der Waals surface area contributed by atoms with Crippen molar-refractivity contribution in [2.24, 2.45) is 11.5 Å². The zero-order valence-electron chi connectivity index (χ0n) is 4.11. The van der Waals surface area contributed by atoms with Crippen LogP contribution in [0.1, 0.15) is 0 Å². The molecule has 5 N–H and O–H groups in total. The summed E-state index contributed by atoms with van der Waals surface area (Å²) in [6.45, 7) is -0.265. The van der Waals surface area contributed by atoms with E-state index in [1.165, 1.54) is 0 Å². The summed E-state index contributed by atoms with van der Waals surface area (Å²) < 4.78 is 27.9. The fourth-order valence-electron chi connectivity index (χ4n) is 0.122. The molecular formula is C2H8N2O3S. The van der Waals surface area contributed by atoms with Crippen LogP contribution >= 0.6 is 0 Å². The summed E-state index contributed by atoms with van der Waals surface area (Å²) in [5.41, 5.74) is 9.58. The van der Waals surface area contributed by atoms with E-state index in [1.54, 1.807) is 0 Å². The molecule has 0 saturated carbocycles. The summed E-state index contributed by atoms with van der Waals surface area (Å²) in [4.78, 5) is 0. The van der Waals surface area contributed by atoms with Gasteiger partial charge in [0.2, 0.25) is 0 Å². The van der Waals surface area contributed by atoms with E-state index >= 15 is 0 Å². The minimum absolute atomic E-state index is 0.265. The second-order valence-electron chi connectivity index (χ2n) is 1.29. The quantitative estimate of drug-likeness (QED) is 0.389. The fourth-order valence-corrected chi connectivity index (χ4v) is 0.365. The van der Waals surface area contributed by atoms with Crippen molar-refractivity contribution in [1.29, 1.82) is 0 Å². The summed E-state index contributed by atoms with van der Waals surface area (Å²) >= 11 is 0. The molecule has 0 aromatic heterocycles. The first kappa shape index (κ1) is 7.83. The molecule has 0 radical (unpaired) electrons. The Balaban J connectivity index is 4.04. The second kappa shape index (κ2) is 2.40. The Morgan fingerprint density at radius 2 is 2.00 bits per heavy atom. The summed E-state index contributed by atoms with van der Waals surface area (Å²) in [5, 5.41) is -1.34. The van der Waals surface area contributed by atoms with E-state index in [0.717, 1.165) is 0 Å². The first-order chi connectivity index (χ1) is 3.48. The van der Waals surface area contributed by atoms with Crippen LogP contribution in [0.2, 0.25) is 0 Å². The molecule has 0 bridgehead atoms. The molecule has 1 atom stereocenters. The van der Waals surface area contributed by atoms with Crippen molar-refractivity contribution in [2.45, 2.75) is 5.37 Å². The SMILES string of the molecule is NCC(N)S(=O)(=O)O. The summed E-state index contributed by atoms with van der Waals surface area (Å²) in [5.74, 6) is 0. The number of rotatable bonds is 2. The molecular weight excluding hydrogens is 132 g/mol. The monoisotopic (exact) mass is 140 g/mol. The Morgan fingerprint density at radius 3 is 2.00 bits per heavy atom. The molecule has 5 nitrogen and oxygen atoms in total. The first-order valence-electron chi connectivity index (χ1n) is 1.90. The van der Waals surface area contributed by atoms with E-state index in [1.807, 2.05) is 0 Å². The molecule has 1 unspecified atom stereocenters. The average molecular weight is 140 g/mol. The maximum atomic E-state index is 9.91. The lowest BCUT2D eigenvalue weighted by Gasteiger charge is -2.01. The highest BCUT2D eigenvalue weighted by atomic mass is 32.2. The van der Waals surface area contributed by atoms with Gasteiger partial charge < -0.3 is 11.5 Å². The van der Waals surface area contributed by atoms with Crippen molar-refractivity contribution in [1.82, 2.24) is 0 Å². The molecule has 0 rings (SSSR count). The van der Waals surface area contributed by atoms with Crippen LogP contribution in [0.15, 0.2) is 0 Å². The van der Waals surface area contributed by atoms with E-state index in [4.69, 9.17) is 16.0 Å². The van der Waals surface area contributed by atoms with Crippen molar-refractivity contribution in [3.63, 3.8) is 0 Å². The van der Waals surface area contributed by atoms with Crippen LogP contribution in [0.5, 0.6) is 0 Å². The van der Waals surface area contributed by atoms with E-state index in [0.29, 0.717) is 0 Å². The second-order valence-corrected chi connectivity index (χ2v) is 2.92. The Kier molecular flexibility index (Phi) is 2.35. The molecule has 0 fully saturated rings. The average Bonchev–Trinajstić information content (AvgIpc) is 1.62. The first-order valence-corrected chi connectivity index (χ1v) is 3.40. The fraction of sp³-hybridized carbons (Fsp3) is 1.00. The zero-order chi connectivity index (χ0) is 6.78. The van der Waals surface area contributed by atoms with Gasteiger partial charge in [-0.15, -0.1) is 0 Å². The van der Waals surface area contributed by atoms with E-state index < -0.39 is 15.5 Å². The summed E-state index contributed by atoms with van der Waals surface area (Å²) in [6, 6.07) is 0. The molecule has 0 heterocycles. The van der Waals surface area contributed by atoms with Gasteiger partial charge in [0.1, 0.15) is 5.37 Å². The minimum atomic E-state index is -4.10. The standard InChI is InChI=1S/C2H8N2O3S/c3-1-2(4)8(5,6)7/h2H,1,3-4H2,(H,5,6,7). The van der Waals surface area contributed by atoms with Gasteiger partial charge in [0.15, 0.2) is 0 Å². The van der Waals surface area contributed by atoms with E-state index in [9.17, 15) is 8.42 Å². The third kappa shape index (κ3) is 2.22. The topological polar surface area (TPSA) is 106 Å². The van der Waals surface area contributed by atoms with Crippen LogP contribution in [-0.4, -0.2) is 24.9 Å². The third-order valence-electron chi connectivity index (χ3n) is 0.615. The lowest BCUT2D eigenvalue weighted by molar-refractivity contribution is 0.468. The van der Waals surface area contributed by atoms with Gasteiger partial charge in [-0.3, -0.25) is 4.55 Å². The van der Waals surface area contributed by atoms with Crippen LogP contribution in [0.4, 0.5) is 0 Å². The molecule has 0 aromatic rings. The normalized spacial score (nSPS) is 15.9. The maximum Gasteiger partial charge on any atom is 0.282 e. The van der Waals surface area contributed by atoms with Crippen molar-refractivity contribution in [2.75, 3.05) is 6.54 Å². The molecule has 0 aliphatic carbocycles. The van der Waals surface area contributed by atoms with E-state index in [2.05, 4.69) is 0 Å². The van der Waals surface area contributed by atoms with E-state index in [-0.39, 0.29) is 6.54 Å². The molecule has 0 aromatic carbocycles. The van der Waals surface area contributed by atoms with Crippen LogP contribution in [0.25, 0.3) is 0 Å². The minimum Gasteiger partial charge on any atom is -0.328 e. The van der Waals surface area contributed by atoms with Gasteiger partial charge in [0.25, 0.3) is 10.1 Å².